The Morgan fingerprint density at radius 2 is 1.70 bits per heavy atom. The van der Waals surface area contributed by atoms with Crippen molar-refractivity contribution in [2.75, 3.05) is 14.2 Å². The number of ether oxygens (including phenoxy) is 2. The fraction of sp³-hybridized carbons (Fsp3) is 0.118. The number of hydrogen-bond acceptors (Lipinski definition) is 3. The lowest BCUT2D eigenvalue weighted by Crippen LogP contribution is -2.13. The summed E-state index contributed by atoms with van der Waals surface area (Å²) in [6, 6.07) is 11.1. The largest absolute Gasteiger partial charge is 0.493 e. The van der Waals surface area contributed by atoms with Crippen LogP contribution in [0.5, 0.6) is 11.5 Å². The first kappa shape index (κ1) is 14.9. The number of hydrogen-bond donors (Lipinski definition) is 1. The van der Waals surface area contributed by atoms with Crippen molar-refractivity contribution < 1.29 is 13.9 Å². The van der Waals surface area contributed by atoms with E-state index in [0.717, 1.165) is 5.56 Å². The molecule has 0 unspecified atom stereocenters. The number of nitrogens with one attached hydrogen (secondary N) is 1. The number of aromatic amines is 1. The fourth-order valence-corrected chi connectivity index (χ4v) is 2.34. The number of aromatic nitrogens is 2. The minimum atomic E-state index is -0.350. The number of H-pyrrole nitrogens is 1. The molecule has 0 bridgehead atoms. The number of halogens is 1. The predicted molar refractivity (Wildman–Crippen MR) is 84.9 cm³/mol. The van der Waals surface area contributed by atoms with E-state index in [1.165, 1.54) is 16.7 Å². The maximum atomic E-state index is 13.0. The van der Waals surface area contributed by atoms with Gasteiger partial charge in [-0.25, -0.2) is 9.18 Å². The van der Waals surface area contributed by atoms with Crippen molar-refractivity contribution in [3.8, 4) is 28.4 Å². The van der Waals surface area contributed by atoms with Crippen molar-refractivity contribution in [1.82, 2.24) is 9.55 Å². The monoisotopic (exact) mass is 314 g/mol. The molecule has 0 aliphatic heterocycles. The Hall–Kier alpha value is -3.02. The lowest BCUT2D eigenvalue weighted by atomic mass is 10.1. The second-order valence-electron chi connectivity index (χ2n) is 4.89. The first-order valence-corrected chi connectivity index (χ1v) is 6.92. The van der Waals surface area contributed by atoms with Gasteiger partial charge in [0.25, 0.3) is 0 Å². The molecular weight excluding hydrogens is 299 g/mol. The summed E-state index contributed by atoms with van der Waals surface area (Å²) < 4.78 is 24.9. The van der Waals surface area contributed by atoms with Crippen molar-refractivity contribution in [3.63, 3.8) is 0 Å². The van der Waals surface area contributed by atoms with E-state index in [1.807, 2.05) is 6.07 Å². The first-order valence-electron chi connectivity index (χ1n) is 6.92. The fourth-order valence-electron chi connectivity index (χ4n) is 2.34. The van der Waals surface area contributed by atoms with Gasteiger partial charge in [-0.2, -0.15) is 0 Å². The van der Waals surface area contributed by atoms with Crippen LogP contribution >= 0.6 is 0 Å². The number of methoxy groups -OCH3 is 2. The summed E-state index contributed by atoms with van der Waals surface area (Å²) in [5.74, 6) is 0.828. The molecule has 1 N–H and O–H groups in total. The molecule has 1 heterocycles. The van der Waals surface area contributed by atoms with Crippen molar-refractivity contribution >= 4 is 0 Å². The van der Waals surface area contributed by atoms with Gasteiger partial charge in [0.2, 0.25) is 0 Å². The van der Waals surface area contributed by atoms with E-state index in [0.29, 0.717) is 22.9 Å². The Balaban J connectivity index is 2.04. The Kier molecular flexibility index (Phi) is 3.89. The molecule has 0 fully saturated rings. The highest BCUT2D eigenvalue weighted by molar-refractivity contribution is 5.64. The maximum absolute atomic E-state index is 13.0. The van der Waals surface area contributed by atoms with Crippen LogP contribution in [0.2, 0.25) is 0 Å². The summed E-state index contributed by atoms with van der Waals surface area (Å²) >= 11 is 0. The van der Waals surface area contributed by atoms with Crippen LogP contribution in [0.1, 0.15) is 0 Å². The Labute approximate surface area is 131 Å². The summed E-state index contributed by atoms with van der Waals surface area (Å²) in [5, 5.41) is 0. The van der Waals surface area contributed by atoms with Crippen LogP contribution < -0.4 is 15.2 Å². The van der Waals surface area contributed by atoms with Gasteiger partial charge in [0.15, 0.2) is 11.5 Å². The quantitative estimate of drug-likeness (QED) is 0.805. The molecule has 2 aromatic carbocycles. The van der Waals surface area contributed by atoms with Gasteiger partial charge in [0.05, 0.1) is 25.6 Å². The topological polar surface area (TPSA) is 56.2 Å². The molecule has 5 nitrogen and oxygen atoms in total. The Bertz CT molecular complexity index is 882. The van der Waals surface area contributed by atoms with Gasteiger partial charge >= 0.3 is 5.69 Å². The minimum absolute atomic E-state index is 0.304. The smallest absolute Gasteiger partial charge is 0.330 e. The van der Waals surface area contributed by atoms with Crippen LogP contribution in [0.4, 0.5) is 4.39 Å². The highest BCUT2D eigenvalue weighted by Gasteiger charge is 2.10. The van der Waals surface area contributed by atoms with Gasteiger partial charge < -0.3 is 14.5 Å². The van der Waals surface area contributed by atoms with E-state index < -0.39 is 0 Å². The molecule has 23 heavy (non-hydrogen) atoms. The lowest BCUT2D eigenvalue weighted by Gasteiger charge is -2.08. The standard InChI is InChI=1S/C17H15FN2O3/c1-22-15-8-3-11(9-16(15)23-2)14-10-20(17(21)19-14)13-6-4-12(18)5-7-13/h3-10H,1-2H3,(H,19,21). The summed E-state index contributed by atoms with van der Waals surface area (Å²) in [4.78, 5) is 14.9. The molecule has 0 aliphatic carbocycles. The van der Waals surface area contributed by atoms with Gasteiger partial charge in [-0.05, 0) is 42.5 Å². The van der Waals surface area contributed by atoms with Gasteiger partial charge in [-0.1, -0.05) is 0 Å². The average Bonchev–Trinajstić information content (AvgIpc) is 2.96. The zero-order chi connectivity index (χ0) is 16.4. The Morgan fingerprint density at radius 1 is 1.00 bits per heavy atom. The third kappa shape index (κ3) is 2.83. The van der Waals surface area contributed by atoms with Crippen LogP contribution in [-0.4, -0.2) is 23.8 Å². The normalized spacial score (nSPS) is 10.6. The van der Waals surface area contributed by atoms with Crippen molar-refractivity contribution in [2.24, 2.45) is 0 Å². The summed E-state index contributed by atoms with van der Waals surface area (Å²) in [6.45, 7) is 0. The molecule has 0 saturated heterocycles. The molecule has 6 heteroatoms. The highest BCUT2D eigenvalue weighted by atomic mass is 19.1. The number of benzene rings is 2. The predicted octanol–water partition coefficient (Wildman–Crippen LogP) is 2.99. The third-order valence-electron chi connectivity index (χ3n) is 3.52. The van der Waals surface area contributed by atoms with Crippen LogP contribution in [-0.2, 0) is 0 Å². The van der Waals surface area contributed by atoms with Crippen LogP contribution in [0.3, 0.4) is 0 Å². The molecule has 0 amide bonds. The molecule has 3 rings (SSSR count). The number of rotatable bonds is 4. The van der Waals surface area contributed by atoms with Crippen molar-refractivity contribution in [3.05, 3.63) is 65.0 Å². The SMILES string of the molecule is COc1ccc(-c2cn(-c3ccc(F)cc3)c(=O)[nH]2)cc1OC. The lowest BCUT2D eigenvalue weighted by molar-refractivity contribution is 0.355. The van der Waals surface area contributed by atoms with Crippen LogP contribution in [0.15, 0.2) is 53.5 Å². The van der Waals surface area contributed by atoms with E-state index in [4.69, 9.17) is 9.47 Å². The summed E-state index contributed by atoms with van der Waals surface area (Å²) in [6.07, 6.45) is 1.66. The highest BCUT2D eigenvalue weighted by Crippen LogP contribution is 2.31. The zero-order valence-corrected chi connectivity index (χ0v) is 12.7. The molecule has 0 atom stereocenters. The van der Waals surface area contributed by atoms with E-state index in [1.54, 1.807) is 44.7 Å². The maximum Gasteiger partial charge on any atom is 0.330 e. The molecule has 0 spiro atoms. The zero-order valence-electron chi connectivity index (χ0n) is 12.7. The molecule has 118 valence electrons. The summed E-state index contributed by atoms with van der Waals surface area (Å²) in [7, 11) is 3.11. The van der Waals surface area contributed by atoms with Gasteiger partial charge in [-0.3, -0.25) is 4.57 Å². The molecular formula is C17H15FN2O3. The molecule has 0 saturated carbocycles. The summed E-state index contributed by atoms with van der Waals surface area (Å²) in [5.41, 5.74) is 1.68. The van der Waals surface area contributed by atoms with Gasteiger partial charge in [0.1, 0.15) is 5.82 Å². The molecule has 1 aromatic heterocycles. The van der Waals surface area contributed by atoms with E-state index in [9.17, 15) is 9.18 Å². The van der Waals surface area contributed by atoms with Gasteiger partial charge in [-0.15, -0.1) is 0 Å². The van der Waals surface area contributed by atoms with E-state index in [-0.39, 0.29) is 11.5 Å². The second-order valence-corrected chi connectivity index (χ2v) is 4.89. The minimum Gasteiger partial charge on any atom is -0.493 e. The average molecular weight is 314 g/mol. The van der Waals surface area contributed by atoms with Crippen molar-refractivity contribution in [2.45, 2.75) is 0 Å². The van der Waals surface area contributed by atoms with Crippen molar-refractivity contribution in [1.29, 1.82) is 0 Å². The second kappa shape index (κ2) is 6.00. The van der Waals surface area contributed by atoms with Crippen LogP contribution in [0, 0.1) is 5.82 Å². The molecule has 0 radical (unpaired) electrons. The molecule has 0 aliphatic rings. The van der Waals surface area contributed by atoms with E-state index >= 15 is 0 Å². The first-order chi connectivity index (χ1) is 11.1. The number of nitrogens with zero attached hydrogens (tertiary/aromatic N) is 1. The van der Waals surface area contributed by atoms with Gasteiger partial charge in [0, 0.05) is 11.8 Å². The Morgan fingerprint density at radius 3 is 2.35 bits per heavy atom. The van der Waals surface area contributed by atoms with Crippen LogP contribution in [0.25, 0.3) is 16.9 Å². The number of imidazole rings is 1. The third-order valence-corrected chi connectivity index (χ3v) is 3.52. The van der Waals surface area contributed by atoms with E-state index in [2.05, 4.69) is 4.98 Å². The molecule has 3 aromatic rings.